The van der Waals surface area contributed by atoms with Crippen LogP contribution in [0.25, 0.3) is 0 Å². The van der Waals surface area contributed by atoms with Gasteiger partial charge in [-0.3, -0.25) is 0 Å². The van der Waals surface area contributed by atoms with E-state index in [1.807, 2.05) is 30.3 Å². The van der Waals surface area contributed by atoms with Gasteiger partial charge < -0.3 is 9.47 Å². The van der Waals surface area contributed by atoms with E-state index in [4.69, 9.17) is 9.47 Å². The quantitative estimate of drug-likeness (QED) is 0.712. The van der Waals surface area contributed by atoms with Crippen LogP contribution in [-0.4, -0.2) is 12.3 Å². The molecule has 1 radical (unpaired) electrons. The molecule has 0 aliphatic heterocycles. The second kappa shape index (κ2) is 6.06. The molecule has 81 valence electrons. The van der Waals surface area contributed by atoms with Gasteiger partial charge in [-0.1, -0.05) is 30.3 Å². The summed E-state index contributed by atoms with van der Waals surface area (Å²) in [6.07, 6.45) is -0.211. The summed E-state index contributed by atoms with van der Waals surface area (Å²) < 4.78 is 9.57. The number of carbonyl (C=O) groups is 1. The third-order valence-corrected chi connectivity index (χ3v) is 1.67. The SMILES string of the molecule is CC(C)OC(=O)O[CH]Cc1ccccc1. The van der Waals surface area contributed by atoms with E-state index in [1.165, 1.54) is 6.61 Å². The van der Waals surface area contributed by atoms with Crippen LogP contribution in [0.2, 0.25) is 0 Å². The second-order valence-corrected chi connectivity index (χ2v) is 3.39. The summed E-state index contributed by atoms with van der Waals surface area (Å²) in [5, 5.41) is 0. The van der Waals surface area contributed by atoms with Gasteiger partial charge in [0.1, 0.15) is 6.61 Å². The molecule has 0 aliphatic carbocycles. The molecule has 0 bridgehead atoms. The Labute approximate surface area is 90.0 Å². The van der Waals surface area contributed by atoms with Crippen LogP contribution in [0.3, 0.4) is 0 Å². The molecule has 0 saturated carbocycles. The van der Waals surface area contributed by atoms with E-state index in [9.17, 15) is 4.79 Å². The summed E-state index contributed by atoms with van der Waals surface area (Å²) in [6, 6.07) is 9.75. The van der Waals surface area contributed by atoms with E-state index in [0.717, 1.165) is 5.56 Å². The van der Waals surface area contributed by atoms with Gasteiger partial charge in [-0.15, -0.1) is 0 Å². The molecule has 1 aromatic rings. The van der Waals surface area contributed by atoms with Crippen LogP contribution in [0.1, 0.15) is 19.4 Å². The van der Waals surface area contributed by atoms with Crippen molar-refractivity contribution in [1.29, 1.82) is 0 Å². The molecule has 0 amide bonds. The summed E-state index contributed by atoms with van der Waals surface area (Å²) in [6.45, 7) is 5.00. The summed E-state index contributed by atoms with van der Waals surface area (Å²) in [5.41, 5.74) is 1.09. The van der Waals surface area contributed by atoms with Gasteiger partial charge in [0, 0.05) is 6.42 Å². The molecule has 0 aliphatic rings. The van der Waals surface area contributed by atoms with Gasteiger partial charge in [0.25, 0.3) is 0 Å². The number of carbonyl (C=O) groups excluding carboxylic acids is 1. The molecule has 15 heavy (non-hydrogen) atoms. The topological polar surface area (TPSA) is 35.5 Å². The fourth-order valence-electron chi connectivity index (χ4n) is 1.04. The van der Waals surface area contributed by atoms with Gasteiger partial charge in [0.2, 0.25) is 0 Å². The smallest absolute Gasteiger partial charge is 0.432 e. The van der Waals surface area contributed by atoms with Gasteiger partial charge in [-0.2, -0.15) is 0 Å². The molecule has 1 rings (SSSR count). The molecule has 0 saturated heterocycles. The van der Waals surface area contributed by atoms with Gasteiger partial charge in [-0.25, -0.2) is 4.79 Å². The summed E-state index contributed by atoms with van der Waals surface area (Å²) in [7, 11) is 0. The van der Waals surface area contributed by atoms with Crippen LogP contribution in [0.5, 0.6) is 0 Å². The van der Waals surface area contributed by atoms with E-state index in [2.05, 4.69) is 0 Å². The molecule has 0 atom stereocenters. The molecular formula is C12H15O3. The predicted molar refractivity (Wildman–Crippen MR) is 57.1 cm³/mol. The first kappa shape index (κ1) is 11.6. The summed E-state index contributed by atoms with van der Waals surface area (Å²) in [5.74, 6) is 0. The van der Waals surface area contributed by atoms with Crippen molar-refractivity contribution in [2.45, 2.75) is 26.4 Å². The van der Waals surface area contributed by atoms with Crippen molar-refractivity contribution in [3.05, 3.63) is 42.5 Å². The number of ether oxygens (including phenoxy) is 2. The third-order valence-electron chi connectivity index (χ3n) is 1.67. The van der Waals surface area contributed by atoms with Crippen molar-refractivity contribution >= 4 is 6.16 Å². The number of hydrogen-bond donors (Lipinski definition) is 0. The maximum atomic E-state index is 11.0. The lowest BCUT2D eigenvalue weighted by Gasteiger charge is -2.07. The zero-order chi connectivity index (χ0) is 11.1. The molecule has 0 spiro atoms. The van der Waals surface area contributed by atoms with Crippen LogP contribution >= 0.6 is 0 Å². The minimum atomic E-state index is -0.652. The average molecular weight is 207 g/mol. The Morgan fingerprint density at radius 1 is 1.33 bits per heavy atom. The zero-order valence-electron chi connectivity index (χ0n) is 8.97. The van der Waals surface area contributed by atoms with E-state index < -0.39 is 6.16 Å². The number of rotatable bonds is 4. The molecule has 0 unspecified atom stereocenters. The Hall–Kier alpha value is -1.51. The molecule has 3 nitrogen and oxygen atoms in total. The van der Waals surface area contributed by atoms with Crippen LogP contribution < -0.4 is 0 Å². The zero-order valence-corrected chi connectivity index (χ0v) is 8.97. The van der Waals surface area contributed by atoms with E-state index in [-0.39, 0.29) is 6.10 Å². The van der Waals surface area contributed by atoms with Crippen molar-refractivity contribution in [2.75, 3.05) is 0 Å². The van der Waals surface area contributed by atoms with Crippen LogP contribution in [-0.2, 0) is 15.9 Å². The minimum Gasteiger partial charge on any atom is -0.432 e. The molecule has 3 heteroatoms. The molecule has 1 aromatic carbocycles. The highest BCUT2D eigenvalue weighted by molar-refractivity contribution is 5.60. The fraction of sp³-hybridized carbons (Fsp3) is 0.333. The van der Waals surface area contributed by atoms with Crippen LogP contribution in [0.4, 0.5) is 4.79 Å². The molecular weight excluding hydrogens is 192 g/mol. The Bertz CT molecular complexity index is 293. The highest BCUT2D eigenvalue weighted by Gasteiger charge is 2.06. The maximum absolute atomic E-state index is 11.0. The Morgan fingerprint density at radius 3 is 2.60 bits per heavy atom. The minimum absolute atomic E-state index is 0.150. The highest BCUT2D eigenvalue weighted by atomic mass is 16.7. The van der Waals surface area contributed by atoms with Crippen molar-refractivity contribution in [3.63, 3.8) is 0 Å². The van der Waals surface area contributed by atoms with E-state index in [0.29, 0.717) is 6.42 Å². The van der Waals surface area contributed by atoms with Crippen molar-refractivity contribution < 1.29 is 14.3 Å². The second-order valence-electron chi connectivity index (χ2n) is 3.39. The maximum Gasteiger partial charge on any atom is 0.508 e. The first-order valence-electron chi connectivity index (χ1n) is 4.91. The Balaban J connectivity index is 2.19. The van der Waals surface area contributed by atoms with Crippen LogP contribution in [0, 0.1) is 6.61 Å². The lowest BCUT2D eigenvalue weighted by atomic mass is 10.2. The first-order valence-corrected chi connectivity index (χ1v) is 4.91. The van der Waals surface area contributed by atoms with Gasteiger partial charge in [0.15, 0.2) is 0 Å². The number of hydrogen-bond acceptors (Lipinski definition) is 3. The molecule has 0 heterocycles. The number of benzene rings is 1. The largest absolute Gasteiger partial charge is 0.508 e. The highest BCUT2D eigenvalue weighted by Crippen LogP contribution is 2.03. The van der Waals surface area contributed by atoms with E-state index in [1.54, 1.807) is 13.8 Å². The summed E-state index contributed by atoms with van der Waals surface area (Å²) >= 11 is 0. The van der Waals surface area contributed by atoms with Gasteiger partial charge in [0.05, 0.1) is 6.10 Å². The van der Waals surface area contributed by atoms with Crippen LogP contribution in [0.15, 0.2) is 30.3 Å². The standard InChI is InChI=1S/C12H15O3/c1-10(2)15-12(13)14-9-8-11-6-4-3-5-7-11/h3-7,9-10H,8H2,1-2H3. The molecule has 0 N–H and O–H groups in total. The van der Waals surface area contributed by atoms with Crippen molar-refractivity contribution in [2.24, 2.45) is 0 Å². The van der Waals surface area contributed by atoms with Gasteiger partial charge >= 0.3 is 6.16 Å². The Morgan fingerprint density at radius 2 is 2.00 bits per heavy atom. The average Bonchev–Trinajstić information content (AvgIpc) is 2.18. The van der Waals surface area contributed by atoms with Gasteiger partial charge in [-0.05, 0) is 19.4 Å². The Kier molecular flexibility index (Phi) is 4.68. The predicted octanol–water partition coefficient (Wildman–Crippen LogP) is 2.95. The van der Waals surface area contributed by atoms with Crippen molar-refractivity contribution in [3.8, 4) is 0 Å². The molecule has 0 aromatic heterocycles. The third kappa shape index (κ3) is 5.05. The normalized spacial score (nSPS) is 10.1. The summed E-state index contributed by atoms with van der Waals surface area (Å²) in [4.78, 5) is 11.0. The molecule has 0 fully saturated rings. The van der Waals surface area contributed by atoms with Crippen molar-refractivity contribution in [1.82, 2.24) is 0 Å². The lowest BCUT2D eigenvalue weighted by molar-refractivity contribution is 0.0501. The van der Waals surface area contributed by atoms with E-state index >= 15 is 0 Å². The first-order chi connectivity index (χ1) is 7.18. The lowest BCUT2D eigenvalue weighted by Crippen LogP contribution is -2.12. The monoisotopic (exact) mass is 207 g/mol. The fourth-order valence-corrected chi connectivity index (χ4v) is 1.04.